The molecule has 0 bridgehead atoms. The van der Waals surface area contributed by atoms with E-state index >= 15 is 0 Å². The highest BCUT2D eigenvalue weighted by Crippen LogP contribution is 2.10. The molecule has 16 heavy (non-hydrogen) atoms. The Labute approximate surface area is 95.4 Å². The summed E-state index contributed by atoms with van der Waals surface area (Å²) >= 11 is 0. The molecular formula is C13H16O3. The largest absolute Gasteiger partial charge is 0.460 e. The SMILES string of the molecule is CCOC(=O)C(=O)Cc1ccc(C)c(C)c1. The molecule has 0 amide bonds. The summed E-state index contributed by atoms with van der Waals surface area (Å²) < 4.78 is 4.64. The fourth-order valence-electron chi connectivity index (χ4n) is 1.38. The van der Waals surface area contributed by atoms with Gasteiger partial charge in [0.15, 0.2) is 0 Å². The van der Waals surface area contributed by atoms with Gasteiger partial charge >= 0.3 is 5.97 Å². The number of ether oxygens (including phenoxy) is 1. The number of carbonyl (C=O) groups is 2. The van der Waals surface area contributed by atoms with Gasteiger partial charge in [-0.3, -0.25) is 4.79 Å². The first kappa shape index (κ1) is 12.4. The maximum absolute atomic E-state index is 11.4. The summed E-state index contributed by atoms with van der Waals surface area (Å²) in [6, 6.07) is 5.73. The van der Waals surface area contributed by atoms with Crippen LogP contribution in [0, 0.1) is 13.8 Å². The van der Waals surface area contributed by atoms with Crippen LogP contribution >= 0.6 is 0 Å². The van der Waals surface area contributed by atoms with Crippen molar-refractivity contribution in [2.24, 2.45) is 0 Å². The van der Waals surface area contributed by atoms with Gasteiger partial charge in [0.25, 0.3) is 0 Å². The molecule has 0 aliphatic rings. The van der Waals surface area contributed by atoms with Crippen LogP contribution in [0.4, 0.5) is 0 Å². The predicted molar refractivity (Wildman–Crippen MR) is 61.3 cm³/mol. The average Bonchev–Trinajstić information content (AvgIpc) is 2.24. The van der Waals surface area contributed by atoms with Gasteiger partial charge in [0, 0.05) is 6.42 Å². The van der Waals surface area contributed by atoms with Gasteiger partial charge in [-0.15, -0.1) is 0 Å². The summed E-state index contributed by atoms with van der Waals surface area (Å²) in [6.07, 6.45) is 0.111. The highest BCUT2D eigenvalue weighted by molar-refractivity contribution is 6.34. The lowest BCUT2D eigenvalue weighted by Gasteiger charge is -2.04. The van der Waals surface area contributed by atoms with Crippen LogP contribution in [0.2, 0.25) is 0 Å². The summed E-state index contributed by atoms with van der Waals surface area (Å²) in [5.74, 6) is -1.24. The van der Waals surface area contributed by atoms with Crippen LogP contribution in [0.1, 0.15) is 23.6 Å². The van der Waals surface area contributed by atoms with Gasteiger partial charge in [0.05, 0.1) is 6.61 Å². The Morgan fingerprint density at radius 3 is 2.44 bits per heavy atom. The first-order valence-electron chi connectivity index (χ1n) is 5.30. The summed E-state index contributed by atoms with van der Waals surface area (Å²) in [7, 11) is 0. The van der Waals surface area contributed by atoms with E-state index in [9.17, 15) is 9.59 Å². The Bertz CT molecular complexity index is 408. The van der Waals surface area contributed by atoms with Crippen LogP contribution in [0.15, 0.2) is 18.2 Å². The minimum absolute atomic E-state index is 0.111. The zero-order chi connectivity index (χ0) is 12.1. The number of benzene rings is 1. The van der Waals surface area contributed by atoms with Crippen LogP contribution in [-0.2, 0) is 20.7 Å². The third-order valence-corrected chi connectivity index (χ3v) is 2.44. The number of hydrogen-bond acceptors (Lipinski definition) is 3. The Hall–Kier alpha value is -1.64. The molecule has 3 nitrogen and oxygen atoms in total. The zero-order valence-corrected chi connectivity index (χ0v) is 9.87. The van der Waals surface area contributed by atoms with E-state index in [1.807, 2.05) is 32.0 Å². The summed E-state index contributed by atoms with van der Waals surface area (Å²) in [4.78, 5) is 22.6. The molecule has 0 aliphatic carbocycles. The highest BCUT2D eigenvalue weighted by Gasteiger charge is 2.15. The second kappa shape index (κ2) is 5.45. The number of aryl methyl sites for hydroxylation is 2. The van der Waals surface area contributed by atoms with Crippen molar-refractivity contribution in [2.45, 2.75) is 27.2 Å². The van der Waals surface area contributed by atoms with Gasteiger partial charge in [0.1, 0.15) is 0 Å². The van der Waals surface area contributed by atoms with E-state index in [4.69, 9.17) is 0 Å². The number of carbonyl (C=O) groups excluding carboxylic acids is 2. The molecule has 1 rings (SSSR count). The normalized spacial score (nSPS) is 9.94. The molecule has 0 radical (unpaired) electrons. The first-order valence-corrected chi connectivity index (χ1v) is 5.30. The fraction of sp³-hybridized carbons (Fsp3) is 0.385. The van der Waals surface area contributed by atoms with E-state index in [0.717, 1.165) is 11.1 Å². The molecular weight excluding hydrogens is 204 g/mol. The topological polar surface area (TPSA) is 43.4 Å². The quantitative estimate of drug-likeness (QED) is 0.575. The van der Waals surface area contributed by atoms with Gasteiger partial charge in [-0.25, -0.2) is 4.79 Å². The van der Waals surface area contributed by atoms with Gasteiger partial charge < -0.3 is 4.74 Å². The molecule has 0 N–H and O–H groups in total. The molecule has 0 unspecified atom stereocenters. The van der Waals surface area contributed by atoms with E-state index < -0.39 is 11.8 Å². The van der Waals surface area contributed by atoms with Crippen molar-refractivity contribution < 1.29 is 14.3 Å². The van der Waals surface area contributed by atoms with Crippen LogP contribution in [0.25, 0.3) is 0 Å². The molecule has 0 spiro atoms. The first-order chi connectivity index (χ1) is 7.54. The van der Waals surface area contributed by atoms with Gasteiger partial charge in [-0.1, -0.05) is 18.2 Å². The maximum atomic E-state index is 11.4. The van der Waals surface area contributed by atoms with Crippen molar-refractivity contribution in [1.82, 2.24) is 0 Å². The third-order valence-electron chi connectivity index (χ3n) is 2.44. The Morgan fingerprint density at radius 2 is 1.88 bits per heavy atom. The monoisotopic (exact) mass is 220 g/mol. The zero-order valence-electron chi connectivity index (χ0n) is 9.87. The van der Waals surface area contributed by atoms with Crippen molar-refractivity contribution in [2.75, 3.05) is 6.61 Å². The molecule has 0 fully saturated rings. The van der Waals surface area contributed by atoms with Crippen LogP contribution < -0.4 is 0 Å². The standard InChI is InChI=1S/C13H16O3/c1-4-16-13(15)12(14)8-11-6-5-9(2)10(3)7-11/h5-7H,4,8H2,1-3H3. The minimum Gasteiger partial charge on any atom is -0.460 e. The van der Waals surface area contributed by atoms with Crippen LogP contribution in [0.3, 0.4) is 0 Å². The fourth-order valence-corrected chi connectivity index (χ4v) is 1.38. The molecule has 0 aliphatic heterocycles. The van der Waals surface area contributed by atoms with Crippen molar-refractivity contribution in [3.05, 3.63) is 34.9 Å². The van der Waals surface area contributed by atoms with Gasteiger partial charge in [-0.05, 0) is 37.5 Å². The minimum atomic E-state index is -0.749. The molecule has 1 aromatic carbocycles. The molecule has 0 atom stereocenters. The maximum Gasteiger partial charge on any atom is 0.374 e. The second-order valence-electron chi connectivity index (χ2n) is 3.74. The lowest BCUT2D eigenvalue weighted by molar-refractivity contribution is -0.153. The van der Waals surface area contributed by atoms with Crippen molar-refractivity contribution in [3.63, 3.8) is 0 Å². The van der Waals surface area contributed by atoms with Crippen molar-refractivity contribution in [1.29, 1.82) is 0 Å². The number of hydrogen-bond donors (Lipinski definition) is 0. The molecule has 0 saturated heterocycles. The van der Waals surface area contributed by atoms with Crippen molar-refractivity contribution >= 4 is 11.8 Å². The average molecular weight is 220 g/mol. The van der Waals surface area contributed by atoms with E-state index in [1.165, 1.54) is 5.56 Å². The van der Waals surface area contributed by atoms with E-state index in [-0.39, 0.29) is 13.0 Å². The van der Waals surface area contributed by atoms with Crippen molar-refractivity contribution in [3.8, 4) is 0 Å². The highest BCUT2D eigenvalue weighted by atomic mass is 16.5. The summed E-state index contributed by atoms with van der Waals surface area (Å²) in [5.41, 5.74) is 3.14. The smallest absolute Gasteiger partial charge is 0.374 e. The summed E-state index contributed by atoms with van der Waals surface area (Å²) in [5, 5.41) is 0. The molecule has 1 aromatic rings. The lowest BCUT2D eigenvalue weighted by Crippen LogP contribution is -2.19. The van der Waals surface area contributed by atoms with E-state index in [1.54, 1.807) is 6.92 Å². The number of ketones is 1. The lowest BCUT2D eigenvalue weighted by atomic mass is 10.0. The second-order valence-corrected chi connectivity index (χ2v) is 3.74. The van der Waals surface area contributed by atoms with E-state index in [0.29, 0.717) is 0 Å². The molecule has 0 saturated carbocycles. The number of Topliss-reactive ketones (excluding diaryl/α,β-unsaturated/α-hetero) is 1. The van der Waals surface area contributed by atoms with E-state index in [2.05, 4.69) is 4.74 Å². The Balaban J connectivity index is 2.70. The van der Waals surface area contributed by atoms with Gasteiger partial charge in [0.2, 0.25) is 5.78 Å². The molecule has 0 aromatic heterocycles. The Kier molecular flexibility index (Phi) is 4.23. The van der Waals surface area contributed by atoms with Gasteiger partial charge in [-0.2, -0.15) is 0 Å². The summed E-state index contributed by atoms with van der Waals surface area (Å²) in [6.45, 7) is 5.90. The number of esters is 1. The number of rotatable bonds is 4. The molecule has 0 heterocycles. The Morgan fingerprint density at radius 1 is 1.19 bits per heavy atom. The molecule has 86 valence electrons. The third kappa shape index (κ3) is 3.19. The molecule has 3 heteroatoms. The predicted octanol–water partition coefficient (Wildman–Crippen LogP) is 1.98. The van der Waals surface area contributed by atoms with Crippen LogP contribution in [-0.4, -0.2) is 18.4 Å². The van der Waals surface area contributed by atoms with Crippen LogP contribution in [0.5, 0.6) is 0 Å².